The third-order valence-electron chi connectivity index (χ3n) is 5.73. The second kappa shape index (κ2) is 11.3. The molecule has 33 heavy (non-hydrogen) atoms. The molecular weight excluding hydrogens is 424 g/mol. The maximum absolute atomic E-state index is 13.1. The highest BCUT2D eigenvalue weighted by Gasteiger charge is 2.20. The topological polar surface area (TPSA) is 101 Å². The second-order valence-electron chi connectivity index (χ2n) is 8.03. The molecule has 1 aromatic carbocycles. The Bertz CT molecular complexity index is 945. The summed E-state index contributed by atoms with van der Waals surface area (Å²) in [4.78, 5) is 26.5. The van der Waals surface area contributed by atoms with Crippen molar-refractivity contribution in [1.29, 1.82) is 0 Å². The average Bonchev–Trinajstić information content (AvgIpc) is 2.85. The van der Waals surface area contributed by atoms with Crippen molar-refractivity contribution in [2.45, 2.75) is 6.92 Å². The van der Waals surface area contributed by atoms with Gasteiger partial charge in [0.1, 0.15) is 12.3 Å². The van der Waals surface area contributed by atoms with Gasteiger partial charge in [0.05, 0.1) is 26.4 Å². The summed E-state index contributed by atoms with van der Waals surface area (Å²) < 4.78 is 16.8. The van der Waals surface area contributed by atoms with Gasteiger partial charge in [-0.1, -0.05) is 0 Å². The van der Waals surface area contributed by atoms with Gasteiger partial charge in [-0.2, -0.15) is 4.98 Å². The Kier molecular flexibility index (Phi) is 7.92. The molecular formula is C23H32N6O4. The van der Waals surface area contributed by atoms with Crippen LogP contribution in [0, 0.1) is 6.92 Å². The molecule has 4 rings (SSSR count). The maximum Gasteiger partial charge on any atom is 0.274 e. The Balaban J connectivity index is 1.49. The first-order valence-electron chi connectivity index (χ1n) is 11.4. The van der Waals surface area contributed by atoms with Crippen molar-refractivity contribution in [3.05, 3.63) is 35.5 Å². The van der Waals surface area contributed by atoms with E-state index in [4.69, 9.17) is 14.2 Å². The van der Waals surface area contributed by atoms with E-state index in [2.05, 4.69) is 25.5 Å². The highest BCUT2D eigenvalue weighted by Crippen LogP contribution is 2.21. The molecule has 2 N–H and O–H groups in total. The summed E-state index contributed by atoms with van der Waals surface area (Å²) in [6.45, 7) is 9.06. The standard InChI is InChI=1S/C23H32N6O4/c1-17-15-18(3-4-19(17)24-2)25-22(30)20-16-21(33-14-7-28-5-10-31-11-6-28)27-23(26-20)29-8-12-32-13-9-29/h3-4,15-16,24H,5-14H2,1-2H3,(H,25,30). The van der Waals surface area contributed by atoms with Gasteiger partial charge in [-0.15, -0.1) is 0 Å². The number of benzene rings is 1. The minimum Gasteiger partial charge on any atom is -0.476 e. The largest absolute Gasteiger partial charge is 0.476 e. The molecule has 2 aromatic rings. The van der Waals surface area contributed by atoms with E-state index in [0.29, 0.717) is 50.4 Å². The lowest BCUT2D eigenvalue weighted by Crippen LogP contribution is -2.39. The summed E-state index contributed by atoms with van der Waals surface area (Å²) >= 11 is 0. The number of aromatic nitrogens is 2. The van der Waals surface area contributed by atoms with Crippen molar-refractivity contribution < 1.29 is 19.0 Å². The molecule has 0 atom stereocenters. The van der Waals surface area contributed by atoms with Gasteiger partial charge in [0, 0.05) is 57.2 Å². The van der Waals surface area contributed by atoms with Crippen molar-refractivity contribution >= 4 is 23.2 Å². The second-order valence-corrected chi connectivity index (χ2v) is 8.03. The summed E-state index contributed by atoms with van der Waals surface area (Å²) in [5, 5.41) is 6.06. The first kappa shape index (κ1) is 23.2. The van der Waals surface area contributed by atoms with E-state index in [0.717, 1.165) is 44.1 Å². The van der Waals surface area contributed by atoms with Crippen LogP contribution in [0.25, 0.3) is 0 Å². The lowest BCUT2D eigenvalue weighted by atomic mass is 10.1. The smallest absolute Gasteiger partial charge is 0.274 e. The average molecular weight is 457 g/mol. The maximum atomic E-state index is 13.1. The van der Waals surface area contributed by atoms with Crippen LogP contribution in [0.15, 0.2) is 24.3 Å². The summed E-state index contributed by atoms with van der Waals surface area (Å²) in [6, 6.07) is 7.33. The molecule has 0 saturated carbocycles. The Morgan fingerprint density at radius 2 is 1.79 bits per heavy atom. The number of anilines is 3. The third kappa shape index (κ3) is 6.31. The van der Waals surface area contributed by atoms with Crippen LogP contribution in [0.3, 0.4) is 0 Å². The highest BCUT2D eigenvalue weighted by atomic mass is 16.5. The Labute approximate surface area is 194 Å². The monoisotopic (exact) mass is 456 g/mol. The van der Waals surface area contributed by atoms with Crippen LogP contribution in [0.2, 0.25) is 0 Å². The van der Waals surface area contributed by atoms with Crippen molar-refractivity contribution in [1.82, 2.24) is 14.9 Å². The number of amides is 1. The van der Waals surface area contributed by atoms with Gasteiger partial charge in [-0.3, -0.25) is 9.69 Å². The van der Waals surface area contributed by atoms with E-state index < -0.39 is 0 Å². The van der Waals surface area contributed by atoms with Gasteiger partial charge < -0.3 is 29.7 Å². The molecule has 2 fully saturated rings. The summed E-state index contributed by atoms with van der Waals surface area (Å²) in [6.07, 6.45) is 0. The van der Waals surface area contributed by atoms with Crippen LogP contribution in [-0.4, -0.2) is 93.6 Å². The molecule has 178 valence electrons. The van der Waals surface area contributed by atoms with Crippen molar-refractivity contribution in [3.8, 4) is 5.88 Å². The molecule has 1 amide bonds. The molecule has 10 heteroatoms. The molecule has 2 aliphatic heterocycles. The summed E-state index contributed by atoms with van der Waals surface area (Å²) in [7, 11) is 1.87. The Hall–Kier alpha value is -2.95. The number of carbonyl (C=O) groups is 1. The Morgan fingerprint density at radius 1 is 1.06 bits per heavy atom. The van der Waals surface area contributed by atoms with E-state index in [1.165, 1.54) is 0 Å². The lowest BCUT2D eigenvalue weighted by molar-refractivity contribution is 0.0320. The zero-order chi connectivity index (χ0) is 23.0. The highest BCUT2D eigenvalue weighted by molar-refractivity contribution is 6.03. The van der Waals surface area contributed by atoms with Gasteiger partial charge in [0.2, 0.25) is 11.8 Å². The number of morpholine rings is 2. The van der Waals surface area contributed by atoms with Crippen LogP contribution < -0.4 is 20.3 Å². The van der Waals surface area contributed by atoms with Crippen LogP contribution >= 0.6 is 0 Å². The Morgan fingerprint density at radius 3 is 2.48 bits per heavy atom. The first-order chi connectivity index (χ1) is 16.1. The predicted octanol–water partition coefficient (Wildman–Crippen LogP) is 1.63. The quantitative estimate of drug-likeness (QED) is 0.614. The molecule has 0 spiro atoms. The summed E-state index contributed by atoms with van der Waals surface area (Å²) in [5.41, 5.74) is 3.03. The number of hydrogen-bond acceptors (Lipinski definition) is 9. The van der Waals surface area contributed by atoms with Gasteiger partial charge in [0.15, 0.2) is 0 Å². The minimum atomic E-state index is -0.304. The van der Waals surface area contributed by atoms with Crippen LogP contribution in [0.5, 0.6) is 5.88 Å². The molecule has 0 unspecified atom stereocenters. The fourth-order valence-corrected chi connectivity index (χ4v) is 3.83. The molecule has 10 nitrogen and oxygen atoms in total. The predicted molar refractivity (Wildman–Crippen MR) is 126 cm³/mol. The zero-order valence-corrected chi connectivity index (χ0v) is 19.3. The van der Waals surface area contributed by atoms with Gasteiger partial charge in [0.25, 0.3) is 5.91 Å². The summed E-state index contributed by atoms with van der Waals surface area (Å²) in [5.74, 6) is 0.571. The van der Waals surface area contributed by atoms with Crippen LogP contribution in [0.4, 0.5) is 17.3 Å². The molecule has 3 heterocycles. The number of aryl methyl sites for hydroxylation is 1. The normalized spacial score (nSPS) is 17.0. The number of carbonyl (C=O) groups excluding carboxylic acids is 1. The van der Waals surface area contributed by atoms with Crippen LogP contribution in [0.1, 0.15) is 16.1 Å². The molecule has 2 saturated heterocycles. The van der Waals surface area contributed by atoms with E-state index in [1.54, 1.807) is 6.07 Å². The molecule has 0 bridgehead atoms. The van der Waals surface area contributed by atoms with Crippen molar-refractivity contribution in [3.63, 3.8) is 0 Å². The van der Waals surface area contributed by atoms with E-state index in [-0.39, 0.29) is 11.6 Å². The number of nitrogens with one attached hydrogen (secondary N) is 2. The lowest BCUT2D eigenvalue weighted by Gasteiger charge is -2.27. The van der Waals surface area contributed by atoms with Gasteiger partial charge in [-0.25, -0.2) is 4.98 Å². The SMILES string of the molecule is CNc1ccc(NC(=O)c2cc(OCCN3CCOCC3)nc(N3CCOCC3)n2)cc1C. The molecule has 0 radical (unpaired) electrons. The zero-order valence-electron chi connectivity index (χ0n) is 19.3. The minimum absolute atomic E-state index is 0.267. The van der Waals surface area contributed by atoms with Gasteiger partial charge in [-0.05, 0) is 30.7 Å². The van der Waals surface area contributed by atoms with Crippen molar-refractivity contribution in [2.75, 3.05) is 88.3 Å². The van der Waals surface area contributed by atoms with E-state index in [9.17, 15) is 4.79 Å². The number of ether oxygens (including phenoxy) is 3. The van der Waals surface area contributed by atoms with Gasteiger partial charge >= 0.3 is 0 Å². The van der Waals surface area contributed by atoms with E-state index in [1.807, 2.05) is 37.1 Å². The van der Waals surface area contributed by atoms with E-state index >= 15 is 0 Å². The fourth-order valence-electron chi connectivity index (χ4n) is 3.83. The van der Waals surface area contributed by atoms with Crippen LogP contribution in [-0.2, 0) is 9.47 Å². The number of rotatable bonds is 8. The molecule has 2 aliphatic rings. The first-order valence-corrected chi connectivity index (χ1v) is 11.4. The number of nitrogens with zero attached hydrogens (tertiary/aromatic N) is 4. The molecule has 0 aliphatic carbocycles. The fraction of sp³-hybridized carbons (Fsp3) is 0.522. The third-order valence-corrected chi connectivity index (χ3v) is 5.73. The number of hydrogen-bond donors (Lipinski definition) is 2. The molecule has 1 aromatic heterocycles. The van der Waals surface area contributed by atoms with Crippen molar-refractivity contribution in [2.24, 2.45) is 0 Å².